The number of fused-ring (bicyclic) bond motifs is 4. The summed E-state index contributed by atoms with van der Waals surface area (Å²) < 4.78 is 0. The molecule has 0 saturated carbocycles. The van der Waals surface area contributed by atoms with Crippen LogP contribution in [-0.4, -0.2) is 90.3 Å². The van der Waals surface area contributed by atoms with E-state index in [9.17, 15) is 39.6 Å². The quantitative estimate of drug-likeness (QED) is 0.0401. The van der Waals surface area contributed by atoms with Gasteiger partial charge in [0.25, 0.3) is 23.6 Å². The average Bonchev–Trinajstić information content (AvgIpc) is 0.783. The van der Waals surface area contributed by atoms with Crippen LogP contribution in [0, 0.1) is 0 Å². The van der Waals surface area contributed by atoms with Crippen molar-refractivity contribution in [3.05, 3.63) is 396 Å². The molecule has 16 heteroatoms. The lowest BCUT2D eigenvalue weighted by molar-refractivity contribution is -0.118. The van der Waals surface area contributed by atoms with Crippen LogP contribution >= 0.6 is 0 Å². The van der Waals surface area contributed by atoms with Crippen molar-refractivity contribution in [2.75, 3.05) is 26.7 Å². The van der Waals surface area contributed by atoms with E-state index in [4.69, 9.17) is 0 Å². The molecule has 0 atom stereocenters. The SMILES string of the molecule is C.C=C1NC(=O)C(Cc2c(O)ccc3ccccc23)=C(c2ccccc2)N1C.C=C1NC(=O)C(Cc2c(O)ccc3ccccc23)=C(c2ccccc2)N1CC.C=C1NC(=O)C(Cc2c(O)ccc3ccccc23)=C(c2ccccc2)N1CCC.C=CCN1C(=C)NC(=O)C(Cc2c(O)ccc3ccccc23)=C1c1ccccc1. The lowest BCUT2D eigenvalue weighted by Gasteiger charge is -2.35. The van der Waals surface area contributed by atoms with E-state index in [0.29, 0.717) is 84.3 Å². The fourth-order valence-corrected chi connectivity index (χ4v) is 15.1. The number of aromatic hydroxyl groups is 4. The lowest BCUT2D eigenvalue weighted by Crippen LogP contribution is -2.41. The maximum absolute atomic E-state index is 13.1. The molecule has 0 fully saturated rings. The second kappa shape index (κ2) is 35.5. The highest BCUT2D eigenvalue weighted by atomic mass is 16.3. The van der Waals surface area contributed by atoms with E-state index < -0.39 is 0 Å². The van der Waals surface area contributed by atoms with Crippen LogP contribution in [0.25, 0.3) is 65.9 Å². The second-order valence-corrected chi connectivity index (χ2v) is 27.6. The molecule has 0 bridgehead atoms. The number of hydrogen-bond acceptors (Lipinski definition) is 12. The van der Waals surface area contributed by atoms with E-state index >= 15 is 0 Å². The van der Waals surface area contributed by atoms with Gasteiger partial charge in [-0.05, 0) is 103 Å². The Labute approximate surface area is 665 Å². The number of nitrogens with one attached hydrogen (secondary N) is 4. The molecule has 0 saturated heterocycles. The normalized spacial score (nSPS) is 14.3. The Hall–Kier alpha value is -14.4. The minimum absolute atomic E-state index is 0. The molecule has 114 heavy (non-hydrogen) atoms. The lowest BCUT2D eigenvalue weighted by atomic mass is 9.92. The maximum Gasteiger partial charge on any atom is 0.255 e. The van der Waals surface area contributed by atoms with Crippen molar-refractivity contribution in [2.45, 2.75) is 53.4 Å². The molecule has 0 unspecified atom stereocenters. The molecule has 4 amide bonds. The minimum Gasteiger partial charge on any atom is -0.508 e. The largest absolute Gasteiger partial charge is 0.508 e. The summed E-state index contributed by atoms with van der Waals surface area (Å²) in [6.07, 6.45) is 3.96. The van der Waals surface area contributed by atoms with Gasteiger partial charge in [0.15, 0.2) is 0 Å². The number of hydrogen-bond donors (Lipinski definition) is 8. The molecule has 12 aromatic rings. The number of phenols is 4. The Morgan fingerprint density at radius 1 is 0.325 bits per heavy atom. The van der Waals surface area contributed by atoms with E-state index in [0.717, 1.165) is 123 Å². The number of carbonyl (C=O) groups is 4. The van der Waals surface area contributed by atoms with Crippen LogP contribution in [0.4, 0.5) is 0 Å². The zero-order valence-electron chi connectivity index (χ0n) is 63.4. The molecule has 4 heterocycles. The van der Waals surface area contributed by atoms with Crippen molar-refractivity contribution in [3.8, 4) is 23.0 Å². The van der Waals surface area contributed by atoms with Gasteiger partial charge in [0.1, 0.15) is 46.3 Å². The third-order valence-corrected chi connectivity index (χ3v) is 20.5. The summed E-state index contributed by atoms with van der Waals surface area (Å²) in [4.78, 5) is 59.8. The minimum atomic E-state index is -0.207. The molecule has 16 rings (SSSR count). The van der Waals surface area contributed by atoms with Crippen LogP contribution < -0.4 is 21.3 Å². The summed E-state index contributed by atoms with van der Waals surface area (Å²) in [5, 5.41) is 61.6. The van der Waals surface area contributed by atoms with Gasteiger partial charge in [-0.2, -0.15) is 0 Å². The molecule has 8 N–H and O–H groups in total. The Kier molecular flexibility index (Phi) is 24.7. The smallest absolute Gasteiger partial charge is 0.255 e. The van der Waals surface area contributed by atoms with Gasteiger partial charge in [-0.15, -0.1) is 6.58 Å². The van der Waals surface area contributed by atoms with E-state index in [1.54, 1.807) is 30.3 Å². The van der Waals surface area contributed by atoms with Crippen LogP contribution in [0.1, 0.15) is 72.2 Å². The summed E-state index contributed by atoms with van der Waals surface area (Å²) >= 11 is 0. The van der Waals surface area contributed by atoms with Crippen molar-refractivity contribution in [1.29, 1.82) is 0 Å². The average molecular weight is 1510 g/mol. The van der Waals surface area contributed by atoms with Crippen LogP contribution in [0.15, 0.2) is 351 Å². The molecular formula is C98H92N8O8. The zero-order valence-corrected chi connectivity index (χ0v) is 63.4. The maximum atomic E-state index is 13.1. The van der Waals surface area contributed by atoms with E-state index in [-0.39, 0.29) is 54.1 Å². The Morgan fingerprint density at radius 2 is 0.579 bits per heavy atom. The Bertz CT molecular complexity index is 5890. The predicted molar refractivity (Wildman–Crippen MR) is 461 cm³/mol. The number of nitrogens with zero attached hydrogens (tertiary/aromatic N) is 4. The highest BCUT2D eigenvalue weighted by Gasteiger charge is 2.35. The predicted octanol–water partition coefficient (Wildman–Crippen LogP) is 18.5. The van der Waals surface area contributed by atoms with Gasteiger partial charge in [-0.3, -0.25) is 19.2 Å². The highest BCUT2D eigenvalue weighted by Crippen LogP contribution is 2.41. The number of benzene rings is 12. The van der Waals surface area contributed by atoms with Gasteiger partial charge in [0, 0.05) is 96.9 Å². The number of amides is 4. The standard InChI is InChI=1S/C25H24N2O2.C25H22N2O2.C24H22N2O2.C23H20N2O2.CH4/c2*1-3-15-27-17(2)26-25(29)22(24(27)19-10-5-4-6-11-19)16-21-20-12-8-7-9-18(20)13-14-23(21)28;1-3-26-16(2)25-24(28)21(23(26)18-10-5-4-6-11-18)15-20-19-12-8-7-9-17(19)13-14-22(20)27;1-15-24-23(27)20(22(25(15)2)17-9-4-3-5-10-17)14-19-18-11-7-6-8-16(18)12-13-21(19)26;/h4-14,28H,2-3,15-16H2,1H3,(H,26,29);3-14,28H,1-2,15-16H2,(H,26,29);4-14,27H,2-3,15H2,1H3,(H,25,28);3-13,26H,1,14H2,2H3,(H,24,27);1H4. The monoisotopic (exact) mass is 1510 g/mol. The summed E-state index contributed by atoms with van der Waals surface area (Å²) in [7, 11) is 1.88. The molecule has 0 aliphatic carbocycles. The fourth-order valence-electron chi connectivity index (χ4n) is 15.1. The van der Waals surface area contributed by atoms with Gasteiger partial charge < -0.3 is 61.3 Å². The first-order valence-corrected chi connectivity index (χ1v) is 37.5. The molecule has 0 radical (unpaired) electrons. The first-order valence-electron chi connectivity index (χ1n) is 37.5. The summed E-state index contributed by atoms with van der Waals surface area (Å²) in [6, 6.07) is 85.1. The Balaban J connectivity index is 0.000000140. The van der Waals surface area contributed by atoms with Crippen molar-refractivity contribution >= 4 is 89.5 Å². The molecule has 16 nitrogen and oxygen atoms in total. The molecule has 12 aromatic carbocycles. The molecule has 0 spiro atoms. The zero-order chi connectivity index (χ0) is 79.4. The van der Waals surface area contributed by atoms with Crippen LogP contribution in [0.2, 0.25) is 0 Å². The first kappa shape index (κ1) is 79.2. The molecule has 4 aliphatic rings. The Morgan fingerprint density at radius 3 is 0.886 bits per heavy atom. The van der Waals surface area contributed by atoms with E-state index in [2.05, 4.69) is 66.0 Å². The van der Waals surface area contributed by atoms with Gasteiger partial charge in [-0.25, -0.2) is 0 Å². The fraction of sp³-hybridized carbons (Fsp3) is 0.122. The van der Waals surface area contributed by atoms with E-state index in [1.165, 1.54) is 0 Å². The van der Waals surface area contributed by atoms with Gasteiger partial charge in [-0.1, -0.05) is 289 Å². The van der Waals surface area contributed by atoms with Crippen LogP contribution in [0.5, 0.6) is 23.0 Å². The summed E-state index contributed by atoms with van der Waals surface area (Å²) in [5.41, 5.74) is 12.5. The molecular weight excluding hydrogens is 1420 g/mol. The van der Waals surface area contributed by atoms with Gasteiger partial charge in [0.05, 0.1) is 22.8 Å². The van der Waals surface area contributed by atoms with Gasteiger partial charge in [0.2, 0.25) is 0 Å². The second-order valence-electron chi connectivity index (χ2n) is 27.6. The van der Waals surface area contributed by atoms with Crippen molar-refractivity contribution < 1.29 is 39.6 Å². The third-order valence-electron chi connectivity index (χ3n) is 20.5. The van der Waals surface area contributed by atoms with Gasteiger partial charge >= 0.3 is 0 Å². The third kappa shape index (κ3) is 16.7. The number of phenolic OH excluding ortho intramolecular Hbond substituents is 4. The van der Waals surface area contributed by atoms with E-state index in [1.807, 2.05) is 271 Å². The van der Waals surface area contributed by atoms with Crippen LogP contribution in [0.3, 0.4) is 0 Å². The first-order chi connectivity index (χ1) is 54.8. The topological polar surface area (TPSA) is 210 Å². The molecule has 4 aliphatic heterocycles. The summed E-state index contributed by atoms with van der Waals surface area (Å²) in [5.74, 6) is 2.20. The van der Waals surface area contributed by atoms with Crippen molar-refractivity contribution in [3.63, 3.8) is 0 Å². The van der Waals surface area contributed by atoms with Crippen molar-refractivity contribution in [2.24, 2.45) is 0 Å². The number of rotatable bonds is 17. The van der Waals surface area contributed by atoms with Crippen LogP contribution in [-0.2, 0) is 44.9 Å². The number of carbonyl (C=O) groups excluding carboxylic acids is 4. The molecule has 572 valence electrons. The molecule has 0 aromatic heterocycles. The summed E-state index contributed by atoms with van der Waals surface area (Å²) in [6.45, 7) is 25.9. The highest BCUT2D eigenvalue weighted by molar-refractivity contribution is 6.08. The van der Waals surface area contributed by atoms with Crippen molar-refractivity contribution in [1.82, 2.24) is 40.9 Å².